The quantitative estimate of drug-likeness (QED) is 0.284. The van der Waals surface area contributed by atoms with Crippen LogP contribution in [0.3, 0.4) is 0 Å². The number of barbiturate groups is 1. The van der Waals surface area contributed by atoms with Crippen molar-refractivity contribution in [2.24, 2.45) is 0 Å². The number of nitrogens with zero attached hydrogens (tertiary/aromatic N) is 1. The van der Waals surface area contributed by atoms with Gasteiger partial charge in [0.15, 0.2) is 11.5 Å². The number of hydrogen-bond acceptors (Lipinski definition) is 7. The molecule has 1 aliphatic heterocycles. The molecule has 0 unspecified atom stereocenters. The average molecular weight is 521 g/mol. The molecule has 9 nitrogen and oxygen atoms in total. The van der Waals surface area contributed by atoms with Crippen molar-refractivity contribution in [1.29, 1.82) is 0 Å². The molecule has 10 heteroatoms. The Hall–Kier alpha value is -4.44. The maximum atomic E-state index is 13.1. The van der Waals surface area contributed by atoms with E-state index in [2.05, 4.69) is 5.32 Å². The summed E-state index contributed by atoms with van der Waals surface area (Å²) in [6, 6.07) is 16.4. The Morgan fingerprint density at radius 2 is 1.59 bits per heavy atom. The molecule has 190 valence electrons. The first-order valence-corrected chi connectivity index (χ1v) is 12.7. The Morgan fingerprint density at radius 3 is 2.22 bits per heavy atom. The van der Waals surface area contributed by atoms with Gasteiger partial charge in [-0.25, -0.2) is 9.69 Å². The van der Waals surface area contributed by atoms with E-state index in [0.717, 1.165) is 22.4 Å². The van der Waals surface area contributed by atoms with Gasteiger partial charge in [0, 0.05) is 0 Å². The van der Waals surface area contributed by atoms with Crippen LogP contribution >= 0.6 is 0 Å². The number of urea groups is 1. The summed E-state index contributed by atoms with van der Waals surface area (Å²) in [5.74, 6) is -1.65. The molecule has 3 aromatic carbocycles. The van der Waals surface area contributed by atoms with Crippen LogP contribution in [0.2, 0.25) is 0 Å². The molecule has 1 aliphatic rings. The highest BCUT2D eigenvalue weighted by Crippen LogP contribution is 2.32. The number of anilines is 1. The van der Waals surface area contributed by atoms with E-state index in [-0.39, 0.29) is 22.0 Å². The predicted octanol–water partition coefficient (Wildman–Crippen LogP) is 4.00. The molecule has 4 amide bonds. The van der Waals surface area contributed by atoms with E-state index in [1.54, 1.807) is 36.4 Å². The molecule has 0 bridgehead atoms. The molecule has 0 saturated carbocycles. The molecule has 1 saturated heterocycles. The Bertz CT molecular complexity index is 1510. The van der Waals surface area contributed by atoms with Crippen molar-refractivity contribution in [2.45, 2.75) is 25.2 Å². The summed E-state index contributed by atoms with van der Waals surface area (Å²) in [5, 5.41) is 2.17. The zero-order chi connectivity index (χ0) is 26.7. The fourth-order valence-electron chi connectivity index (χ4n) is 3.65. The summed E-state index contributed by atoms with van der Waals surface area (Å²) in [6.45, 7) is 3.82. The zero-order valence-corrected chi connectivity index (χ0v) is 21.2. The summed E-state index contributed by atoms with van der Waals surface area (Å²) < 4.78 is 35.9. The number of nitrogens with one attached hydrogen (secondary N) is 1. The molecule has 1 heterocycles. The second kappa shape index (κ2) is 10.3. The van der Waals surface area contributed by atoms with Crippen LogP contribution in [0.1, 0.15) is 23.6 Å². The second-order valence-corrected chi connectivity index (χ2v) is 9.78. The monoisotopic (exact) mass is 520 g/mol. The first-order valence-electron chi connectivity index (χ1n) is 11.3. The van der Waals surface area contributed by atoms with Crippen molar-refractivity contribution in [3.63, 3.8) is 0 Å². The van der Waals surface area contributed by atoms with Gasteiger partial charge in [0.05, 0.1) is 12.8 Å². The molecular formula is C27H24N2O7S. The Kier molecular flexibility index (Phi) is 7.12. The van der Waals surface area contributed by atoms with Crippen LogP contribution in [0.25, 0.3) is 6.08 Å². The van der Waals surface area contributed by atoms with Gasteiger partial charge < -0.3 is 8.92 Å². The molecule has 37 heavy (non-hydrogen) atoms. The zero-order valence-electron chi connectivity index (χ0n) is 20.3. The number of amides is 4. The summed E-state index contributed by atoms with van der Waals surface area (Å²) in [4.78, 5) is 38.9. The van der Waals surface area contributed by atoms with Gasteiger partial charge in [-0.1, -0.05) is 42.8 Å². The maximum absolute atomic E-state index is 13.1. The van der Waals surface area contributed by atoms with Gasteiger partial charge >= 0.3 is 16.1 Å². The highest BCUT2D eigenvalue weighted by Gasteiger charge is 2.36. The molecule has 1 fully saturated rings. The standard InChI is InChI=1S/C27H24N2O7S/c1-4-18-7-10-20(11-8-18)29-26(31)22(25(30)28-27(29)32)15-19-9-14-23(24(16-19)35-3)36-37(33,34)21-12-5-17(2)6-13-21/h5-16H,4H2,1-3H3,(H,28,30,32)/b22-15+. The molecular weight excluding hydrogens is 496 g/mol. The fourth-order valence-corrected chi connectivity index (χ4v) is 4.59. The van der Waals surface area contributed by atoms with Crippen molar-refractivity contribution in [3.05, 3.63) is 89.0 Å². The third kappa shape index (κ3) is 5.39. The minimum Gasteiger partial charge on any atom is -0.493 e. The van der Waals surface area contributed by atoms with Crippen LogP contribution in [-0.2, 0) is 26.1 Å². The Morgan fingerprint density at radius 1 is 0.919 bits per heavy atom. The minimum atomic E-state index is -4.13. The number of imide groups is 2. The van der Waals surface area contributed by atoms with Crippen LogP contribution < -0.4 is 19.1 Å². The third-order valence-corrected chi connectivity index (χ3v) is 6.96. The Labute approximate surface area is 214 Å². The average Bonchev–Trinajstić information content (AvgIpc) is 2.87. The third-order valence-electron chi connectivity index (χ3n) is 5.71. The number of benzene rings is 3. The molecule has 0 aromatic heterocycles. The van der Waals surface area contributed by atoms with Crippen LogP contribution in [0.4, 0.5) is 10.5 Å². The molecule has 0 spiro atoms. The summed E-state index contributed by atoms with van der Waals surface area (Å²) in [5.41, 5.74) is 2.32. The normalized spacial score (nSPS) is 15.1. The number of carbonyl (C=O) groups is 3. The smallest absolute Gasteiger partial charge is 0.339 e. The van der Waals surface area contributed by atoms with E-state index >= 15 is 0 Å². The second-order valence-electron chi connectivity index (χ2n) is 8.24. The number of carbonyl (C=O) groups excluding carboxylic acids is 3. The first kappa shape index (κ1) is 25.6. The van der Waals surface area contributed by atoms with Crippen molar-refractivity contribution in [3.8, 4) is 11.5 Å². The fraction of sp³-hybridized carbons (Fsp3) is 0.148. The SMILES string of the molecule is CCc1ccc(N2C(=O)NC(=O)/C(=C\c3ccc(OS(=O)(=O)c4ccc(C)cc4)c(OC)c3)C2=O)cc1. The summed E-state index contributed by atoms with van der Waals surface area (Å²) >= 11 is 0. The molecule has 0 aliphatic carbocycles. The van der Waals surface area contributed by atoms with Crippen LogP contribution in [0.15, 0.2) is 77.2 Å². The van der Waals surface area contributed by atoms with E-state index in [4.69, 9.17) is 8.92 Å². The largest absolute Gasteiger partial charge is 0.493 e. The highest BCUT2D eigenvalue weighted by atomic mass is 32.2. The number of ether oxygens (including phenoxy) is 1. The van der Waals surface area contributed by atoms with Crippen molar-refractivity contribution in [2.75, 3.05) is 12.0 Å². The topological polar surface area (TPSA) is 119 Å². The molecule has 0 atom stereocenters. The van der Waals surface area contributed by atoms with Gasteiger partial charge in [-0.3, -0.25) is 14.9 Å². The van der Waals surface area contributed by atoms with E-state index in [9.17, 15) is 22.8 Å². The first-order chi connectivity index (χ1) is 17.6. The molecule has 4 rings (SSSR count). The van der Waals surface area contributed by atoms with Crippen molar-refractivity contribution in [1.82, 2.24) is 5.32 Å². The lowest BCUT2D eigenvalue weighted by Crippen LogP contribution is -2.54. The molecule has 1 N–H and O–H groups in total. The van der Waals surface area contributed by atoms with E-state index in [1.165, 1.54) is 43.5 Å². The van der Waals surface area contributed by atoms with Gasteiger partial charge in [0.1, 0.15) is 10.5 Å². The molecule has 0 radical (unpaired) electrons. The highest BCUT2D eigenvalue weighted by molar-refractivity contribution is 7.87. The van der Waals surface area contributed by atoms with E-state index in [1.807, 2.05) is 13.8 Å². The minimum absolute atomic E-state index is 0.0208. The number of methoxy groups -OCH3 is 1. The lowest BCUT2D eigenvalue weighted by molar-refractivity contribution is -0.122. The Balaban J connectivity index is 1.64. The van der Waals surface area contributed by atoms with Crippen LogP contribution in [0.5, 0.6) is 11.5 Å². The van der Waals surface area contributed by atoms with Gasteiger partial charge in [0.25, 0.3) is 11.8 Å². The lowest BCUT2D eigenvalue weighted by Gasteiger charge is -2.26. The van der Waals surface area contributed by atoms with Gasteiger partial charge in [-0.05, 0) is 66.9 Å². The summed E-state index contributed by atoms with van der Waals surface area (Å²) in [7, 11) is -2.80. The van der Waals surface area contributed by atoms with Crippen molar-refractivity contribution >= 4 is 39.7 Å². The van der Waals surface area contributed by atoms with Crippen molar-refractivity contribution < 1.29 is 31.7 Å². The van der Waals surface area contributed by atoms with E-state index < -0.39 is 28.0 Å². The van der Waals surface area contributed by atoms with Gasteiger partial charge in [0.2, 0.25) is 0 Å². The number of rotatable bonds is 7. The summed E-state index contributed by atoms with van der Waals surface area (Å²) in [6.07, 6.45) is 2.08. The lowest BCUT2D eigenvalue weighted by atomic mass is 10.1. The van der Waals surface area contributed by atoms with Gasteiger partial charge in [-0.2, -0.15) is 8.42 Å². The van der Waals surface area contributed by atoms with Crippen LogP contribution in [-0.4, -0.2) is 33.4 Å². The predicted molar refractivity (Wildman–Crippen MR) is 137 cm³/mol. The number of hydrogen-bond donors (Lipinski definition) is 1. The number of aryl methyl sites for hydroxylation is 2. The molecule has 3 aromatic rings. The maximum Gasteiger partial charge on any atom is 0.339 e. The van der Waals surface area contributed by atoms with Crippen LogP contribution in [0, 0.1) is 6.92 Å². The van der Waals surface area contributed by atoms with Gasteiger partial charge in [-0.15, -0.1) is 0 Å². The van der Waals surface area contributed by atoms with E-state index in [0.29, 0.717) is 11.3 Å².